The van der Waals surface area contributed by atoms with Crippen LogP contribution in [0.2, 0.25) is 5.02 Å². The summed E-state index contributed by atoms with van der Waals surface area (Å²) in [4.78, 5) is 37.8. The van der Waals surface area contributed by atoms with Gasteiger partial charge in [0.25, 0.3) is 5.91 Å². The Balaban J connectivity index is 1.06. The minimum Gasteiger partial charge on any atom is -0.484 e. The summed E-state index contributed by atoms with van der Waals surface area (Å²) in [6, 6.07) is 7.41. The van der Waals surface area contributed by atoms with Crippen LogP contribution in [0.1, 0.15) is 60.9 Å². The van der Waals surface area contributed by atoms with E-state index in [1.54, 1.807) is 24.5 Å². The van der Waals surface area contributed by atoms with Crippen LogP contribution in [-0.2, 0) is 24.4 Å². The molecule has 2 aliphatic rings. The van der Waals surface area contributed by atoms with E-state index >= 15 is 0 Å². The molecule has 3 N–H and O–H groups in total. The molecule has 0 bridgehead atoms. The van der Waals surface area contributed by atoms with E-state index in [1.165, 1.54) is 6.39 Å². The minimum atomic E-state index is -0.735. The quantitative estimate of drug-likeness (QED) is 0.307. The van der Waals surface area contributed by atoms with Gasteiger partial charge < -0.3 is 29.8 Å². The van der Waals surface area contributed by atoms with E-state index < -0.39 is 6.10 Å². The number of carbonyl (C=O) groups is 2. The number of likely N-dealkylation sites (tertiary alicyclic amines) is 1. The number of aliphatic hydroxyl groups excluding tert-OH is 1. The third-order valence-electron chi connectivity index (χ3n) is 8.00. The number of amides is 2. The molecular formula is C32H41ClN6O5. The molecule has 4 heterocycles. The van der Waals surface area contributed by atoms with Crippen LogP contribution in [0.4, 0.5) is 5.82 Å². The Morgan fingerprint density at radius 1 is 1.20 bits per heavy atom. The number of pyridine rings is 1. The number of piperidine rings is 1. The van der Waals surface area contributed by atoms with Gasteiger partial charge >= 0.3 is 0 Å². The molecule has 2 aliphatic heterocycles. The van der Waals surface area contributed by atoms with E-state index in [0.29, 0.717) is 54.1 Å². The highest BCUT2D eigenvalue weighted by molar-refractivity contribution is 6.33. The van der Waals surface area contributed by atoms with Crippen LogP contribution >= 0.6 is 11.6 Å². The second kappa shape index (κ2) is 14.0. The van der Waals surface area contributed by atoms with Gasteiger partial charge in [0.1, 0.15) is 18.2 Å². The van der Waals surface area contributed by atoms with Gasteiger partial charge in [0.05, 0.1) is 17.3 Å². The Kier molecular flexibility index (Phi) is 10.1. The van der Waals surface area contributed by atoms with Gasteiger partial charge in [-0.2, -0.15) is 0 Å². The van der Waals surface area contributed by atoms with E-state index in [9.17, 15) is 14.7 Å². The van der Waals surface area contributed by atoms with Crippen LogP contribution in [0.25, 0.3) is 0 Å². The van der Waals surface area contributed by atoms with Crippen molar-refractivity contribution < 1.29 is 23.8 Å². The van der Waals surface area contributed by atoms with Crippen LogP contribution < -0.4 is 15.4 Å². The molecule has 2 aromatic heterocycles. The zero-order chi connectivity index (χ0) is 31.3. The fourth-order valence-electron chi connectivity index (χ4n) is 5.61. The van der Waals surface area contributed by atoms with Crippen LogP contribution in [0.5, 0.6) is 5.75 Å². The monoisotopic (exact) mass is 624 g/mol. The molecule has 1 fully saturated rings. The first-order chi connectivity index (χ1) is 21.1. The van der Waals surface area contributed by atoms with Gasteiger partial charge in [-0.05, 0) is 48.6 Å². The predicted molar refractivity (Wildman–Crippen MR) is 167 cm³/mol. The van der Waals surface area contributed by atoms with Crippen molar-refractivity contribution in [2.45, 2.75) is 65.3 Å². The minimum absolute atomic E-state index is 0.128. The van der Waals surface area contributed by atoms with E-state index in [1.807, 2.05) is 37.8 Å². The molecule has 44 heavy (non-hydrogen) atoms. The highest BCUT2D eigenvalue weighted by Crippen LogP contribution is 2.34. The Morgan fingerprint density at radius 3 is 2.73 bits per heavy atom. The van der Waals surface area contributed by atoms with Gasteiger partial charge in [0.2, 0.25) is 5.91 Å². The van der Waals surface area contributed by atoms with Crippen LogP contribution in [0.15, 0.2) is 47.5 Å². The second-order valence-corrected chi connectivity index (χ2v) is 12.9. The number of halogens is 1. The van der Waals surface area contributed by atoms with Crippen LogP contribution in [0, 0.1) is 5.41 Å². The molecule has 0 aliphatic carbocycles. The van der Waals surface area contributed by atoms with Crippen LogP contribution in [0.3, 0.4) is 0 Å². The molecule has 5 rings (SSSR count). The predicted octanol–water partition coefficient (Wildman–Crippen LogP) is 3.90. The second-order valence-electron chi connectivity index (χ2n) is 12.5. The highest BCUT2D eigenvalue weighted by atomic mass is 35.5. The number of hydrogen-bond donors (Lipinski definition) is 3. The molecule has 12 heteroatoms. The van der Waals surface area contributed by atoms with E-state index in [-0.39, 0.29) is 36.4 Å². The molecule has 0 spiro atoms. The summed E-state index contributed by atoms with van der Waals surface area (Å²) >= 11 is 6.65. The number of hydrogen-bond acceptors (Lipinski definition) is 9. The number of nitrogens with one attached hydrogen (secondary N) is 2. The number of carbonyl (C=O) groups excluding carboxylic acids is 2. The maximum absolute atomic E-state index is 12.9. The first-order valence-corrected chi connectivity index (χ1v) is 15.5. The lowest BCUT2D eigenvalue weighted by atomic mass is 9.93. The summed E-state index contributed by atoms with van der Waals surface area (Å²) in [5, 5.41) is 17.6. The molecule has 0 saturated carbocycles. The third-order valence-corrected chi connectivity index (χ3v) is 8.41. The molecule has 0 radical (unpaired) electrons. The average Bonchev–Trinajstić information content (AvgIpc) is 3.53. The topological polar surface area (TPSA) is 133 Å². The molecule has 1 atom stereocenters. The summed E-state index contributed by atoms with van der Waals surface area (Å²) in [6.07, 6.45) is 6.20. The lowest BCUT2D eigenvalue weighted by Crippen LogP contribution is -2.46. The van der Waals surface area contributed by atoms with E-state index in [2.05, 4.69) is 25.5 Å². The van der Waals surface area contributed by atoms with E-state index in [4.69, 9.17) is 20.8 Å². The van der Waals surface area contributed by atoms with Crippen molar-refractivity contribution in [3.8, 4) is 5.75 Å². The zero-order valence-corrected chi connectivity index (χ0v) is 26.3. The first-order valence-electron chi connectivity index (χ1n) is 15.1. The molecule has 3 aromatic rings. The number of aliphatic hydroxyl groups is 1. The largest absolute Gasteiger partial charge is 0.484 e. The number of anilines is 1. The summed E-state index contributed by atoms with van der Waals surface area (Å²) in [6.45, 7) is 9.39. The number of ether oxygens (including phenoxy) is 1. The zero-order valence-electron chi connectivity index (χ0n) is 25.5. The maximum Gasteiger partial charge on any atom is 0.251 e. The molecule has 11 nitrogen and oxygen atoms in total. The molecule has 1 unspecified atom stereocenters. The lowest BCUT2D eigenvalue weighted by molar-refractivity contribution is -0.140. The Morgan fingerprint density at radius 2 is 2.00 bits per heavy atom. The summed E-state index contributed by atoms with van der Waals surface area (Å²) < 4.78 is 11.0. The number of oxazole rings is 1. The highest BCUT2D eigenvalue weighted by Gasteiger charge is 2.30. The molecule has 1 saturated heterocycles. The van der Waals surface area contributed by atoms with Gasteiger partial charge in [-0.25, -0.2) is 9.97 Å². The third kappa shape index (κ3) is 8.08. The molecule has 1 aromatic carbocycles. The smallest absolute Gasteiger partial charge is 0.251 e. The number of aromatic nitrogens is 2. The van der Waals surface area contributed by atoms with Crippen molar-refractivity contribution in [2.24, 2.45) is 5.41 Å². The molecule has 236 valence electrons. The number of nitrogens with zero attached hydrogens (tertiary/aromatic N) is 4. The van der Waals surface area contributed by atoms with Gasteiger partial charge in [-0.1, -0.05) is 38.4 Å². The molecule has 2 amide bonds. The Hall–Kier alpha value is -3.67. The number of benzene rings is 1. The van der Waals surface area contributed by atoms with Crippen molar-refractivity contribution in [3.05, 3.63) is 70.5 Å². The van der Waals surface area contributed by atoms with Gasteiger partial charge in [-0.15, -0.1) is 0 Å². The number of β-amino-alcohol motifs (C(OH)–C–C–N with tert-alkyl or cyclic N) is 1. The van der Waals surface area contributed by atoms with Crippen LogP contribution in [-0.4, -0.2) is 81.6 Å². The average molecular weight is 625 g/mol. The van der Waals surface area contributed by atoms with Gasteiger partial charge in [0, 0.05) is 62.5 Å². The van der Waals surface area contributed by atoms with Crippen molar-refractivity contribution in [2.75, 3.05) is 38.0 Å². The standard InChI is InChI=1S/C32H41ClN6O5/c1-32(2,3)31(42)39-12-7-23(8-13-39)37-28-14-21(6-10-35-28)30(41)36-15-24(40)18-38-11-9-26-22(17-38)4-5-27(29(26)33)43-19-25-16-34-20-44-25/h4-6,10,14,16,20,23-24,40H,7-9,11-13,15,17-19H2,1-3H3,(H,35,37)(H,36,41). The maximum atomic E-state index is 12.9. The lowest BCUT2D eigenvalue weighted by Gasteiger charge is -2.36. The summed E-state index contributed by atoms with van der Waals surface area (Å²) in [5.41, 5.74) is 2.22. The SMILES string of the molecule is CC(C)(C)C(=O)N1CCC(Nc2cc(C(=O)NCC(O)CN3CCc4c(ccc(OCc5cnco5)c4Cl)C3)ccn2)CC1. The van der Waals surface area contributed by atoms with Gasteiger partial charge in [-0.3, -0.25) is 14.5 Å². The normalized spacial score (nSPS) is 16.7. The molecular weight excluding hydrogens is 584 g/mol. The van der Waals surface area contributed by atoms with E-state index in [0.717, 1.165) is 36.9 Å². The number of rotatable bonds is 10. The van der Waals surface area contributed by atoms with Crippen molar-refractivity contribution in [3.63, 3.8) is 0 Å². The van der Waals surface area contributed by atoms with Crippen molar-refractivity contribution in [1.82, 2.24) is 25.1 Å². The van der Waals surface area contributed by atoms with Gasteiger partial charge in [0.15, 0.2) is 12.2 Å². The summed E-state index contributed by atoms with van der Waals surface area (Å²) in [5.74, 6) is 1.74. The Labute approximate surface area is 262 Å². The first kappa shape index (κ1) is 31.7. The van der Waals surface area contributed by atoms with Crippen molar-refractivity contribution >= 4 is 29.2 Å². The summed E-state index contributed by atoms with van der Waals surface area (Å²) in [7, 11) is 0. The fraction of sp³-hybridized carbons (Fsp3) is 0.500. The Bertz CT molecular complexity index is 1440. The number of fused-ring (bicyclic) bond motifs is 1. The van der Waals surface area contributed by atoms with Crippen molar-refractivity contribution in [1.29, 1.82) is 0 Å². The fourth-order valence-corrected chi connectivity index (χ4v) is 5.95.